The van der Waals surface area contributed by atoms with E-state index in [-0.39, 0.29) is 16.6 Å². The first kappa shape index (κ1) is 18.9. The molecule has 21 heavy (non-hydrogen) atoms. The highest BCUT2D eigenvalue weighted by molar-refractivity contribution is 4.91. The van der Waals surface area contributed by atoms with Gasteiger partial charge in [-0.25, -0.2) is 10.0 Å². The first-order valence-corrected chi connectivity index (χ1v) is 8.89. The van der Waals surface area contributed by atoms with E-state index in [4.69, 9.17) is 0 Å². The molecule has 0 aliphatic carbocycles. The van der Waals surface area contributed by atoms with Crippen LogP contribution in [-0.4, -0.2) is 44.8 Å². The van der Waals surface area contributed by atoms with Gasteiger partial charge in [0.2, 0.25) is 0 Å². The van der Waals surface area contributed by atoms with E-state index in [1.807, 2.05) is 0 Å². The van der Waals surface area contributed by atoms with E-state index in [2.05, 4.69) is 77.4 Å². The van der Waals surface area contributed by atoms with Gasteiger partial charge in [0.25, 0.3) is 0 Å². The van der Waals surface area contributed by atoms with Crippen molar-refractivity contribution in [3.05, 3.63) is 0 Å². The average Bonchev–Trinajstić information content (AvgIpc) is 2.46. The Morgan fingerprint density at radius 1 is 0.619 bits per heavy atom. The van der Waals surface area contributed by atoms with Crippen molar-refractivity contribution in [2.24, 2.45) is 0 Å². The van der Waals surface area contributed by atoms with Crippen molar-refractivity contribution in [1.29, 1.82) is 0 Å². The first-order valence-electron chi connectivity index (χ1n) is 8.89. The lowest BCUT2D eigenvalue weighted by atomic mass is 9.94. The highest BCUT2D eigenvalue weighted by atomic mass is 15.9. The quantitative estimate of drug-likeness (QED) is 0.704. The second-order valence-electron chi connectivity index (χ2n) is 8.39. The molecule has 0 aromatic carbocycles. The van der Waals surface area contributed by atoms with Crippen LogP contribution in [0.15, 0.2) is 0 Å². The summed E-state index contributed by atoms with van der Waals surface area (Å²) < 4.78 is 0. The second kappa shape index (κ2) is 6.55. The van der Waals surface area contributed by atoms with Crippen molar-refractivity contribution in [3.8, 4) is 0 Å². The molecule has 126 valence electrons. The molecule has 1 saturated heterocycles. The number of nitrogens with zero attached hydrogens (tertiary/aromatic N) is 3. The van der Waals surface area contributed by atoms with Crippen LogP contribution in [0.5, 0.6) is 0 Å². The van der Waals surface area contributed by atoms with Crippen LogP contribution < -0.4 is 0 Å². The lowest BCUT2D eigenvalue weighted by Crippen LogP contribution is -2.73. The smallest absolute Gasteiger partial charge is 0.0456 e. The summed E-state index contributed by atoms with van der Waals surface area (Å²) in [7, 11) is 0. The van der Waals surface area contributed by atoms with Crippen LogP contribution >= 0.6 is 0 Å². The van der Waals surface area contributed by atoms with Crippen LogP contribution in [0.3, 0.4) is 0 Å². The molecular weight excluding hydrogens is 258 g/mol. The van der Waals surface area contributed by atoms with Gasteiger partial charge in [0.05, 0.1) is 0 Å². The van der Waals surface area contributed by atoms with Gasteiger partial charge in [0.1, 0.15) is 0 Å². The maximum Gasteiger partial charge on any atom is 0.0456 e. The fraction of sp³-hybridized carbons (Fsp3) is 1.00. The summed E-state index contributed by atoms with van der Waals surface area (Å²) in [5.74, 6) is 0. The zero-order valence-electron chi connectivity index (χ0n) is 16.1. The Kier molecular flexibility index (Phi) is 5.91. The van der Waals surface area contributed by atoms with E-state index in [0.29, 0.717) is 0 Å². The summed E-state index contributed by atoms with van der Waals surface area (Å²) in [6.45, 7) is 23.6. The van der Waals surface area contributed by atoms with Crippen molar-refractivity contribution < 1.29 is 0 Å². The first-order chi connectivity index (χ1) is 9.53. The van der Waals surface area contributed by atoms with Crippen LogP contribution in [0.25, 0.3) is 0 Å². The highest BCUT2D eigenvalue weighted by Crippen LogP contribution is 2.37. The van der Waals surface area contributed by atoms with Crippen molar-refractivity contribution in [2.45, 2.75) is 105 Å². The Hall–Kier alpha value is -0.120. The predicted octanol–water partition coefficient (Wildman–Crippen LogP) is 4.69. The molecule has 0 atom stereocenters. The van der Waals surface area contributed by atoms with Gasteiger partial charge in [-0.1, -0.05) is 20.8 Å². The molecule has 0 unspecified atom stereocenters. The molecule has 0 aromatic rings. The van der Waals surface area contributed by atoms with Crippen LogP contribution in [0.1, 0.15) is 88.0 Å². The average molecular weight is 298 g/mol. The molecule has 1 aliphatic rings. The molecule has 0 spiro atoms. The van der Waals surface area contributed by atoms with E-state index >= 15 is 0 Å². The van der Waals surface area contributed by atoms with Crippen LogP contribution in [0, 0.1) is 0 Å². The van der Waals surface area contributed by atoms with E-state index in [1.54, 1.807) is 0 Å². The molecule has 0 N–H and O–H groups in total. The molecule has 0 amide bonds. The third-order valence-electron chi connectivity index (χ3n) is 5.73. The van der Waals surface area contributed by atoms with Crippen LogP contribution in [0.2, 0.25) is 0 Å². The summed E-state index contributed by atoms with van der Waals surface area (Å²) in [6.07, 6.45) is 4.75. The second-order valence-corrected chi connectivity index (χ2v) is 8.39. The minimum atomic E-state index is 0.152. The molecule has 3 nitrogen and oxygen atoms in total. The Balaban J connectivity index is 3.26. The fourth-order valence-electron chi connectivity index (χ4n) is 2.97. The van der Waals surface area contributed by atoms with Gasteiger partial charge < -0.3 is 0 Å². The largest absolute Gasteiger partial charge is 0.222 e. The third kappa shape index (κ3) is 3.80. The van der Waals surface area contributed by atoms with Gasteiger partial charge in [-0.2, -0.15) is 5.12 Å². The maximum atomic E-state index is 2.64. The van der Waals surface area contributed by atoms with Crippen molar-refractivity contribution in [1.82, 2.24) is 15.1 Å². The molecule has 1 aliphatic heterocycles. The Morgan fingerprint density at radius 2 is 0.952 bits per heavy atom. The summed E-state index contributed by atoms with van der Waals surface area (Å²) >= 11 is 0. The summed E-state index contributed by atoms with van der Waals surface area (Å²) in [5, 5.41) is 7.89. The molecule has 0 aromatic heterocycles. The van der Waals surface area contributed by atoms with Gasteiger partial charge in [0, 0.05) is 29.7 Å². The monoisotopic (exact) mass is 297 g/mol. The van der Waals surface area contributed by atoms with E-state index < -0.39 is 0 Å². The minimum Gasteiger partial charge on any atom is -0.222 e. The minimum absolute atomic E-state index is 0.152. The summed E-state index contributed by atoms with van der Waals surface area (Å²) in [6, 6.07) is 0. The zero-order valence-corrected chi connectivity index (χ0v) is 16.1. The molecule has 0 radical (unpaired) electrons. The zero-order chi connectivity index (χ0) is 16.5. The fourth-order valence-corrected chi connectivity index (χ4v) is 2.97. The standard InChI is InChI=1S/C18H39N3/c1-10-16(4,5)19-14-13-15-20(17(6,7)11-2)21(19)18(8,9)12-3/h10-15H2,1-9H3. The Bertz CT molecular complexity index is 309. The number of hydrazine groups is 2. The molecule has 1 heterocycles. The topological polar surface area (TPSA) is 9.72 Å². The lowest BCUT2D eigenvalue weighted by Gasteiger charge is -2.61. The van der Waals surface area contributed by atoms with Gasteiger partial charge in [0.15, 0.2) is 0 Å². The Labute approximate surface area is 133 Å². The maximum absolute atomic E-state index is 2.64. The van der Waals surface area contributed by atoms with Gasteiger partial charge in [-0.3, -0.25) is 0 Å². The van der Waals surface area contributed by atoms with Crippen molar-refractivity contribution in [3.63, 3.8) is 0 Å². The van der Waals surface area contributed by atoms with Gasteiger partial charge in [-0.15, -0.1) is 0 Å². The van der Waals surface area contributed by atoms with E-state index in [9.17, 15) is 0 Å². The molecule has 3 heteroatoms. The molecule has 0 bridgehead atoms. The Morgan fingerprint density at radius 3 is 1.24 bits per heavy atom. The number of rotatable bonds is 6. The van der Waals surface area contributed by atoms with E-state index in [1.165, 1.54) is 32.4 Å². The predicted molar refractivity (Wildman–Crippen MR) is 93.0 cm³/mol. The number of hydrogen-bond donors (Lipinski definition) is 0. The van der Waals surface area contributed by atoms with Crippen molar-refractivity contribution in [2.75, 3.05) is 13.1 Å². The SMILES string of the molecule is CCC(C)(C)N1CCCN(C(C)(C)CC)N1C(C)(C)CC. The van der Waals surface area contributed by atoms with Crippen LogP contribution in [-0.2, 0) is 0 Å². The van der Waals surface area contributed by atoms with Gasteiger partial charge in [-0.05, 0) is 67.2 Å². The normalized spacial score (nSPS) is 21.0. The molecular formula is C18H39N3. The van der Waals surface area contributed by atoms with Gasteiger partial charge >= 0.3 is 0 Å². The third-order valence-corrected chi connectivity index (χ3v) is 5.73. The van der Waals surface area contributed by atoms with Crippen molar-refractivity contribution >= 4 is 0 Å². The molecule has 0 saturated carbocycles. The highest BCUT2D eigenvalue weighted by Gasteiger charge is 2.46. The summed E-state index contributed by atoms with van der Waals surface area (Å²) in [5.41, 5.74) is 0.559. The molecule has 1 fully saturated rings. The number of hydrogen-bond acceptors (Lipinski definition) is 3. The summed E-state index contributed by atoms with van der Waals surface area (Å²) in [4.78, 5) is 0. The van der Waals surface area contributed by atoms with E-state index in [0.717, 1.165) is 6.42 Å². The molecule has 1 rings (SSSR count). The lowest BCUT2D eigenvalue weighted by molar-refractivity contribution is -0.318. The van der Waals surface area contributed by atoms with Crippen LogP contribution in [0.4, 0.5) is 0 Å².